The van der Waals surface area contributed by atoms with Crippen LogP contribution in [0.3, 0.4) is 0 Å². The maximum Gasteiger partial charge on any atom is 0.127 e. The highest BCUT2D eigenvalue weighted by Crippen LogP contribution is 2.24. The van der Waals surface area contributed by atoms with Crippen LogP contribution in [0.5, 0.6) is 11.5 Å². The Morgan fingerprint density at radius 2 is 1.90 bits per heavy atom. The van der Waals surface area contributed by atoms with Crippen LogP contribution < -0.4 is 14.8 Å². The second-order valence-corrected chi connectivity index (χ2v) is 5.03. The van der Waals surface area contributed by atoms with Gasteiger partial charge < -0.3 is 19.7 Å². The average Bonchev–Trinajstić information content (AvgIpc) is 2.52. The molecule has 0 fully saturated rings. The van der Waals surface area contributed by atoms with Gasteiger partial charge >= 0.3 is 0 Å². The number of likely N-dealkylation sites (N-methyl/N-ethyl adjacent to an activating group) is 1. The summed E-state index contributed by atoms with van der Waals surface area (Å²) < 4.78 is 11.3. The maximum absolute atomic E-state index is 5.98. The summed E-state index contributed by atoms with van der Waals surface area (Å²) in [4.78, 5) is 2.36. The predicted molar refractivity (Wildman–Crippen MR) is 88.3 cm³/mol. The topological polar surface area (TPSA) is 33.7 Å². The van der Waals surface area contributed by atoms with Gasteiger partial charge in [-0.25, -0.2) is 0 Å². The van der Waals surface area contributed by atoms with E-state index >= 15 is 0 Å². The number of hydrogen-bond acceptors (Lipinski definition) is 4. The van der Waals surface area contributed by atoms with Crippen molar-refractivity contribution in [1.82, 2.24) is 10.2 Å². The molecule has 0 saturated carbocycles. The fourth-order valence-corrected chi connectivity index (χ4v) is 2.17. The van der Waals surface area contributed by atoms with Crippen LogP contribution in [0.1, 0.15) is 32.8 Å². The van der Waals surface area contributed by atoms with Crippen molar-refractivity contribution in [2.45, 2.75) is 33.7 Å². The van der Waals surface area contributed by atoms with E-state index < -0.39 is 0 Å². The van der Waals surface area contributed by atoms with Crippen molar-refractivity contribution >= 4 is 0 Å². The van der Waals surface area contributed by atoms with E-state index in [-0.39, 0.29) is 0 Å². The van der Waals surface area contributed by atoms with Gasteiger partial charge in [-0.15, -0.1) is 0 Å². The van der Waals surface area contributed by atoms with E-state index in [1.165, 1.54) is 5.56 Å². The lowest BCUT2D eigenvalue weighted by Gasteiger charge is -2.19. The van der Waals surface area contributed by atoms with Gasteiger partial charge in [-0.05, 0) is 32.1 Å². The van der Waals surface area contributed by atoms with Gasteiger partial charge in [0.2, 0.25) is 0 Å². The number of rotatable bonds is 11. The van der Waals surface area contributed by atoms with Crippen LogP contribution in [0, 0.1) is 0 Å². The summed E-state index contributed by atoms with van der Waals surface area (Å²) in [6.07, 6.45) is 1.13. The van der Waals surface area contributed by atoms with Crippen molar-refractivity contribution in [1.29, 1.82) is 0 Å². The van der Waals surface area contributed by atoms with Crippen molar-refractivity contribution in [3.8, 4) is 11.5 Å². The third kappa shape index (κ3) is 6.36. The summed E-state index contributed by atoms with van der Waals surface area (Å²) in [5.41, 5.74) is 1.18. The number of ether oxygens (including phenoxy) is 2. The van der Waals surface area contributed by atoms with Crippen LogP contribution in [0.25, 0.3) is 0 Å². The average molecular weight is 294 g/mol. The van der Waals surface area contributed by atoms with Gasteiger partial charge in [0.05, 0.1) is 7.11 Å². The van der Waals surface area contributed by atoms with Crippen LogP contribution in [-0.4, -0.2) is 44.8 Å². The second-order valence-electron chi connectivity index (χ2n) is 5.03. The van der Waals surface area contributed by atoms with Crippen LogP contribution in [-0.2, 0) is 6.54 Å². The van der Waals surface area contributed by atoms with Gasteiger partial charge in [0.1, 0.15) is 18.1 Å². The number of methoxy groups -OCH3 is 1. The number of nitrogens with zero attached hydrogens (tertiary/aromatic N) is 1. The molecule has 1 aromatic rings. The Kier molecular flexibility index (Phi) is 8.87. The molecule has 21 heavy (non-hydrogen) atoms. The Labute approximate surface area is 129 Å². The number of hydrogen-bond donors (Lipinski definition) is 1. The van der Waals surface area contributed by atoms with E-state index in [0.717, 1.165) is 50.6 Å². The molecule has 0 aliphatic carbocycles. The van der Waals surface area contributed by atoms with Crippen molar-refractivity contribution < 1.29 is 9.47 Å². The molecule has 0 aliphatic rings. The standard InChI is InChI=1S/C17H30N2O2/c1-5-10-18-14-15-8-9-16(20-4)13-17(15)21-12-11-19(6-2)7-3/h8-9,13,18H,5-7,10-12,14H2,1-4H3. The van der Waals surface area contributed by atoms with Crippen LogP contribution in [0.4, 0.5) is 0 Å². The molecule has 1 aromatic carbocycles. The Balaban J connectivity index is 2.62. The third-order valence-corrected chi connectivity index (χ3v) is 3.58. The molecule has 0 spiro atoms. The van der Waals surface area contributed by atoms with Crippen LogP contribution in [0.15, 0.2) is 18.2 Å². The van der Waals surface area contributed by atoms with Gasteiger partial charge in [0.25, 0.3) is 0 Å². The van der Waals surface area contributed by atoms with Crippen molar-refractivity contribution in [2.75, 3.05) is 39.9 Å². The normalized spacial score (nSPS) is 10.9. The molecule has 120 valence electrons. The molecule has 1 rings (SSSR count). The molecule has 0 bridgehead atoms. The van der Waals surface area contributed by atoms with Gasteiger partial charge in [-0.2, -0.15) is 0 Å². The highest BCUT2D eigenvalue weighted by atomic mass is 16.5. The van der Waals surface area contributed by atoms with E-state index in [0.29, 0.717) is 6.61 Å². The van der Waals surface area contributed by atoms with Gasteiger partial charge in [-0.1, -0.05) is 26.8 Å². The van der Waals surface area contributed by atoms with Gasteiger partial charge in [0.15, 0.2) is 0 Å². The fraction of sp³-hybridized carbons (Fsp3) is 0.647. The lowest BCUT2D eigenvalue weighted by Crippen LogP contribution is -2.28. The second kappa shape index (κ2) is 10.5. The number of benzene rings is 1. The highest BCUT2D eigenvalue weighted by molar-refractivity contribution is 5.40. The minimum atomic E-state index is 0.704. The van der Waals surface area contributed by atoms with E-state index in [1.807, 2.05) is 12.1 Å². The van der Waals surface area contributed by atoms with Crippen molar-refractivity contribution in [3.05, 3.63) is 23.8 Å². The lowest BCUT2D eigenvalue weighted by atomic mass is 10.2. The van der Waals surface area contributed by atoms with Crippen molar-refractivity contribution in [3.63, 3.8) is 0 Å². The zero-order valence-corrected chi connectivity index (χ0v) is 13.9. The van der Waals surface area contributed by atoms with Crippen molar-refractivity contribution in [2.24, 2.45) is 0 Å². The minimum Gasteiger partial charge on any atom is -0.497 e. The summed E-state index contributed by atoms with van der Waals surface area (Å²) in [5, 5.41) is 3.42. The SMILES string of the molecule is CCCNCc1ccc(OC)cc1OCCN(CC)CC. The molecule has 0 heterocycles. The highest BCUT2D eigenvalue weighted by Gasteiger charge is 2.07. The molecule has 0 unspecified atom stereocenters. The monoisotopic (exact) mass is 294 g/mol. The summed E-state index contributed by atoms with van der Waals surface area (Å²) in [7, 11) is 1.68. The predicted octanol–water partition coefficient (Wildman–Crippen LogP) is 2.92. The molecule has 0 aliphatic heterocycles. The molecule has 0 atom stereocenters. The van der Waals surface area contributed by atoms with E-state index in [4.69, 9.17) is 9.47 Å². The summed E-state index contributed by atoms with van der Waals surface area (Å²) >= 11 is 0. The minimum absolute atomic E-state index is 0.704. The Morgan fingerprint density at radius 3 is 2.52 bits per heavy atom. The molecule has 0 aromatic heterocycles. The van der Waals surface area contributed by atoms with Crippen LogP contribution in [0.2, 0.25) is 0 Å². The maximum atomic E-state index is 5.98. The van der Waals surface area contributed by atoms with E-state index in [9.17, 15) is 0 Å². The largest absolute Gasteiger partial charge is 0.497 e. The Morgan fingerprint density at radius 1 is 1.14 bits per heavy atom. The van der Waals surface area contributed by atoms with Crippen LogP contribution >= 0.6 is 0 Å². The quantitative estimate of drug-likeness (QED) is 0.636. The lowest BCUT2D eigenvalue weighted by molar-refractivity contribution is 0.221. The zero-order valence-electron chi connectivity index (χ0n) is 13.9. The first-order valence-electron chi connectivity index (χ1n) is 7.97. The smallest absolute Gasteiger partial charge is 0.127 e. The molecule has 4 nitrogen and oxygen atoms in total. The molecule has 0 saturated heterocycles. The number of nitrogens with one attached hydrogen (secondary N) is 1. The van der Waals surface area contributed by atoms with Gasteiger partial charge in [-0.3, -0.25) is 0 Å². The Bertz CT molecular complexity index is 392. The molecular weight excluding hydrogens is 264 g/mol. The van der Waals surface area contributed by atoms with E-state index in [2.05, 4.69) is 37.1 Å². The molecule has 1 N–H and O–H groups in total. The first-order valence-corrected chi connectivity index (χ1v) is 7.97. The first-order chi connectivity index (χ1) is 10.2. The van der Waals surface area contributed by atoms with E-state index in [1.54, 1.807) is 7.11 Å². The summed E-state index contributed by atoms with van der Waals surface area (Å²) in [6, 6.07) is 6.04. The molecule has 4 heteroatoms. The summed E-state index contributed by atoms with van der Waals surface area (Å²) in [6.45, 7) is 12.1. The van der Waals surface area contributed by atoms with Gasteiger partial charge in [0, 0.05) is 24.7 Å². The fourth-order valence-electron chi connectivity index (χ4n) is 2.17. The summed E-state index contributed by atoms with van der Waals surface area (Å²) in [5.74, 6) is 1.76. The first kappa shape index (κ1) is 17.8. The molecule has 0 amide bonds. The third-order valence-electron chi connectivity index (χ3n) is 3.58. The molecular formula is C17H30N2O2. The zero-order chi connectivity index (χ0) is 15.5. The molecule has 0 radical (unpaired) electrons. The Hall–Kier alpha value is -1.26.